The van der Waals surface area contributed by atoms with Crippen molar-refractivity contribution in [1.82, 2.24) is 4.90 Å². The number of benzene rings is 1. The summed E-state index contributed by atoms with van der Waals surface area (Å²) in [5.41, 5.74) is 2.83. The average molecular weight is 267 g/mol. The largest absolute Gasteiger partial charge is 0.373 e. The van der Waals surface area contributed by atoms with Gasteiger partial charge in [0.05, 0.1) is 0 Å². The van der Waals surface area contributed by atoms with Gasteiger partial charge in [-0.2, -0.15) is 0 Å². The van der Waals surface area contributed by atoms with Gasteiger partial charge in [-0.15, -0.1) is 11.6 Å². The lowest BCUT2D eigenvalue weighted by atomic mass is 9.75. The molecule has 3 heteroatoms. The first-order valence-corrected chi connectivity index (χ1v) is 7.14. The first kappa shape index (κ1) is 13.7. The predicted molar refractivity (Wildman–Crippen MR) is 79.5 cm³/mol. The number of alkyl halides is 1. The van der Waals surface area contributed by atoms with Crippen molar-refractivity contribution in [3.8, 4) is 0 Å². The number of hydrogen-bond donors (Lipinski definition) is 0. The van der Waals surface area contributed by atoms with Crippen molar-refractivity contribution in [3.05, 3.63) is 29.8 Å². The minimum Gasteiger partial charge on any atom is -0.373 e. The van der Waals surface area contributed by atoms with Crippen molar-refractivity contribution in [2.24, 2.45) is 0 Å². The van der Waals surface area contributed by atoms with Crippen LogP contribution in [-0.4, -0.2) is 38.1 Å². The van der Waals surface area contributed by atoms with Crippen LogP contribution in [0.5, 0.6) is 0 Å². The van der Waals surface area contributed by atoms with E-state index in [1.165, 1.54) is 30.5 Å². The summed E-state index contributed by atoms with van der Waals surface area (Å²) in [5, 5.41) is 0. The van der Waals surface area contributed by atoms with E-state index in [0.29, 0.717) is 11.4 Å². The number of halogens is 1. The van der Waals surface area contributed by atoms with E-state index in [9.17, 15) is 0 Å². The maximum atomic E-state index is 5.82. The molecular weight excluding hydrogens is 244 g/mol. The van der Waals surface area contributed by atoms with Crippen molar-refractivity contribution >= 4 is 17.3 Å². The van der Waals surface area contributed by atoms with Crippen LogP contribution in [0.1, 0.15) is 24.8 Å². The van der Waals surface area contributed by atoms with Gasteiger partial charge in [0.1, 0.15) is 0 Å². The normalized spacial score (nSPS) is 17.6. The number of nitrogens with zero attached hydrogens (tertiary/aromatic N) is 2. The Hall–Kier alpha value is -0.730. The topological polar surface area (TPSA) is 6.48 Å². The van der Waals surface area contributed by atoms with Crippen molar-refractivity contribution in [3.63, 3.8) is 0 Å². The van der Waals surface area contributed by atoms with Crippen molar-refractivity contribution < 1.29 is 0 Å². The van der Waals surface area contributed by atoms with E-state index in [4.69, 9.17) is 11.6 Å². The highest BCUT2D eigenvalue weighted by molar-refractivity contribution is 6.17. The summed E-state index contributed by atoms with van der Waals surface area (Å²) < 4.78 is 0. The molecule has 2 rings (SSSR count). The second-order valence-electron chi connectivity index (χ2n) is 5.63. The van der Waals surface area contributed by atoms with E-state index in [2.05, 4.69) is 55.2 Å². The highest BCUT2D eigenvalue weighted by Gasteiger charge is 2.39. The van der Waals surface area contributed by atoms with Gasteiger partial charge in [0.25, 0.3) is 0 Å². The minimum absolute atomic E-state index is 0.375. The van der Waals surface area contributed by atoms with Crippen LogP contribution in [0.3, 0.4) is 0 Å². The molecule has 1 aromatic rings. The van der Waals surface area contributed by atoms with Crippen LogP contribution in [-0.2, 0) is 5.88 Å². The molecule has 0 bridgehead atoms. The van der Waals surface area contributed by atoms with Gasteiger partial charge in [0, 0.05) is 30.7 Å². The van der Waals surface area contributed by atoms with E-state index >= 15 is 0 Å². The van der Waals surface area contributed by atoms with Crippen LogP contribution >= 0.6 is 11.6 Å². The lowest BCUT2D eigenvalue weighted by Crippen LogP contribution is -2.56. The number of likely N-dealkylation sites (N-methyl/N-ethyl adjacent to an activating group) is 2. The molecule has 18 heavy (non-hydrogen) atoms. The molecule has 1 saturated carbocycles. The number of anilines is 1. The van der Waals surface area contributed by atoms with Gasteiger partial charge in [-0.1, -0.05) is 12.1 Å². The first-order chi connectivity index (χ1) is 8.57. The monoisotopic (exact) mass is 266 g/mol. The zero-order valence-electron chi connectivity index (χ0n) is 11.6. The molecule has 0 spiro atoms. The van der Waals surface area contributed by atoms with Crippen LogP contribution in [0.15, 0.2) is 24.3 Å². The Morgan fingerprint density at radius 1 is 1.11 bits per heavy atom. The highest BCUT2D eigenvalue weighted by atomic mass is 35.5. The van der Waals surface area contributed by atoms with E-state index in [1.54, 1.807) is 0 Å². The molecule has 0 atom stereocenters. The fourth-order valence-electron chi connectivity index (χ4n) is 2.70. The first-order valence-electron chi connectivity index (χ1n) is 6.61. The van der Waals surface area contributed by atoms with Gasteiger partial charge in [-0.3, -0.25) is 0 Å². The summed E-state index contributed by atoms with van der Waals surface area (Å²) >= 11 is 5.82. The number of hydrogen-bond acceptors (Lipinski definition) is 2. The molecule has 2 nitrogen and oxygen atoms in total. The van der Waals surface area contributed by atoms with E-state index in [0.717, 1.165) is 6.54 Å². The summed E-state index contributed by atoms with van der Waals surface area (Å²) in [6.45, 7) is 1.10. The Kier molecular flexibility index (Phi) is 4.18. The smallest absolute Gasteiger partial charge is 0.0474 e. The van der Waals surface area contributed by atoms with Gasteiger partial charge in [-0.05, 0) is 51.1 Å². The van der Waals surface area contributed by atoms with Crippen LogP contribution in [0.2, 0.25) is 0 Å². The zero-order chi connectivity index (χ0) is 13.2. The van der Waals surface area contributed by atoms with Crippen LogP contribution < -0.4 is 4.90 Å². The lowest BCUT2D eigenvalue weighted by molar-refractivity contribution is 0.0683. The summed E-state index contributed by atoms with van der Waals surface area (Å²) in [7, 11) is 6.58. The zero-order valence-corrected chi connectivity index (χ0v) is 12.4. The summed E-state index contributed by atoms with van der Waals surface area (Å²) in [6, 6.07) is 8.56. The molecule has 0 aromatic heterocycles. The second kappa shape index (κ2) is 5.50. The number of rotatable bonds is 5. The van der Waals surface area contributed by atoms with E-state index in [-0.39, 0.29) is 0 Å². The maximum absolute atomic E-state index is 5.82. The quantitative estimate of drug-likeness (QED) is 0.754. The second-order valence-corrected chi connectivity index (χ2v) is 5.90. The molecule has 0 N–H and O–H groups in total. The van der Waals surface area contributed by atoms with Crippen LogP contribution in [0, 0.1) is 0 Å². The Labute approximate surface area is 116 Å². The summed E-state index contributed by atoms with van der Waals surface area (Å²) in [4.78, 5) is 4.75. The fraction of sp³-hybridized carbons (Fsp3) is 0.600. The standard InChI is InChI=1S/C15H23ClN2/c1-17(2)15(9-4-10-15)12-18(3)14-7-5-13(11-16)6-8-14/h5-8H,4,9-12H2,1-3H3. The van der Waals surface area contributed by atoms with Crippen LogP contribution in [0.25, 0.3) is 0 Å². The molecule has 0 aliphatic heterocycles. The Balaban J connectivity index is 2.04. The van der Waals surface area contributed by atoms with Crippen molar-refractivity contribution in [2.75, 3.05) is 32.6 Å². The molecule has 1 aliphatic rings. The molecule has 0 heterocycles. The molecule has 1 aromatic carbocycles. The average Bonchev–Trinajstić information content (AvgIpc) is 2.33. The van der Waals surface area contributed by atoms with Gasteiger partial charge in [-0.25, -0.2) is 0 Å². The summed E-state index contributed by atoms with van der Waals surface area (Å²) in [5.74, 6) is 0.589. The SMILES string of the molecule is CN(CC1(N(C)C)CCC1)c1ccc(CCl)cc1. The molecule has 1 aliphatic carbocycles. The lowest BCUT2D eigenvalue weighted by Gasteiger charge is -2.49. The van der Waals surface area contributed by atoms with Gasteiger partial charge in [0.15, 0.2) is 0 Å². The third-order valence-electron chi connectivity index (χ3n) is 4.30. The fourth-order valence-corrected chi connectivity index (χ4v) is 2.88. The van der Waals surface area contributed by atoms with E-state index < -0.39 is 0 Å². The van der Waals surface area contributed by atoms with Gasteiger partial charge >= 0.3 is 0 Å². The summed E-state index contributed by atoms with van der Waals surface area (Å²) in [6.07, 6.45) is 3.98. The molecule has 0 radical (unpaired) electrons. The van der Waals surface area contributed by atoms with Gasteiger partial charge in [0.2, 0.25) is 0 Å². The van der Waals surface area contributed by atoms with Gasteiger partial charge < -0.3 is 9.80 Å². The molecule has 0 unspecified atom stereocenters. The van der Waals surface area contributed by atoms with E-state index in [1.807, 2.05) is 0 Å². The molecule has 0 saturated heterocycles. The third kappa shape index (κ3) is 2.65. The molecule has 1 fully saturated rings. The van der Waals surface area contributed by atoms with Crippen LogP contribution in [0.4, 0.5) is 5.69 Å². The molecular formula is C15H23ClN2. The minimum atomic E-state index is 0.375. The third-order valence-corrected chi connectivity index (χ3v) is 4.60. The maximum Gasteiger partial charge on any atom is 0.0474 e. The highest BCUT2D eigenvalue weighted by Crippen LogP contribution is 2.37. The van der Waals surface area contributed by atoms with Crippen molar-refractivity contribution in [2.45, 2.75) is 30.7 Å². The Morgan fingerprint density at radius 2 is 1.72 bits per heavy atom. The Bertz CT molecular complexity index is 382. The predicted octanol–water partition coefficient (Wildman–Crippen LogP) is 3.35. The Morgan fingerprint density at radius 3 is 2.11 bits per heavy atom. The molecule has 0 amide bonds. The van der Waals surface area contributed by atoms with Crippen molar-refractivity contribution in [1.29, 1.82) is 0 Å². The molecule has 100 valence electrons.